The van der Waals surface area contributed by atoms with Crippen LogP contribution < -0.4 is 5.32 Å². The number of esters is 1. The van der Waals surface area contributed by atoms with Gasteiger partial charge < -0.3 is 10.1 Å². The molecule has 2 aromatic rings. The molecular weight excluding hydrogens is 373 g/mol. The maximum atomic E-state index is 11.9. The largest absolute Gasteiger partial charge is 0.466 e. The van der Waals surface area contributed by atoms with Crippen molar-refractivity contribution in [1.29, 1.82) is 0 Å². The average Bonchev–Trinajstić information content (AvgIpc) is 2.63. The average molecular weight is 394 g/mol. The molecule has 2 aromatic carbocycles. The monoisotopic (exact) mass is 393 g/mol. The smallest absolute Gasteiger partial charge is 0.305 e. The number of aryl methyl sites for hydroxylation is 1. The lowest BCUT2D eigenvalue weighted by atomic mass is 10.1. The van der Waals surface area contributed by atoms with Crippen LogP contribution in [0.4, 0.5) is 5.69 Å². The van der Waals surface area contributed by atoms with Crippen molar-refractivity contribution in [1.82, 2.24) is 0 Å². The van der Waals surface area contributed by atoms with Crippen LogP contribution in [0.1, 0.15) is 31.2 Å². The maximum absolute atomic E-state index is 11.9. The predicted octanol–water partition coefficient (Wildman–Crippen LogP) is 5.28. The third-order valence-electron chi connectivity index (χ3n) is 3.70. The summed E-state index contributed by atoms with van der Waals surface area (Å²) in [4.78, 5) is 23.6. The quantitative estimate of drug-likeness (QED) is 0.465. The van der Waals surface area contributed by atoms with E-state index in [2.05, 4.69) is 5.32 Å². The van der Waals surface area contributed by atoms with Gasteiger partial charge in [-0.05, 0) is 43.0 Å². The summed E-state index contributed by atoms with van der Waals surface area (Å²) in [5.74, 6) is -0.458. The van der Waals surface area contributed by atoms with Crippen LogP contribution in [0.3, 0.4) is 0 Å². The SMILES string of the molecule is O=C(CCCC(=O)OCCCc1ccccc1)Nc1ccc(Cl)c(Cl)c1. The number of nitrogens with one attached hydrogen (secondary N) is 1. The van der Waals surface area contributed by atoms with Crippen molar-refractivity contribution >= 4 is 40.8 Å². The molecule has 6 heteroatoms. The minimum atomic E-state index is -0.277. The van der Waals surface area contributed by atoms with Gasteiger partial charge in [-0.25, -0.2) is 0 Å². The Bertz CT molecular complexity index is 735. The van der Waals surface area contributed by atoms with Crippen molar-refractivity contribution in [3.63, 3.8) is 0 Å². The molecule has 0 saturated carbocycles. The highest BCUT2D eigenvalue weighted by molar-refractivity contribution is 6.42. The molecule has 0 saturated heterocycles. The number of amides is 1. The number of benzene rings is 2. The van der Waals surface area contributed by atoms with Crippen molar-refractivity contribution < 1.29 is 14.3 Å². The zero-order valence-electron chi connectivity index (χ0n) is 14.3. The predicted molar refractivity (Wildman–Crippen MR) is 105 cm³/mol. The van der Waals surface area contributed by atoms with Gasteiger partial charge in [0.25, 0.3) is 0 Å². The maximum Gasteiger partial charge on any atom is 0.305 e. The molecule has 0 heterocycles. The van der Waals surface area contributed by atoms with E-state index in [1.807, 2.05) is 30.3 Å². The van der Waals surface area contributed by atoms with E-state index in [4.69, 9.17) is 27.9 Å². The Hall–Kier alpha value is -2.04. The molecule has 0 aromatic heterocycles. The van der Waals surface area contributed by atoms with Crippen LogP contribution in [-0.2, 0) is 20.7 Å². The summed E-state index contributed by atoms with van der Waals surface area (Å²) in [6, 6.07) is 14.9. The summed E-state index contributed by atoms with van der Waals surface area (Å²) >= 11 is 11.7. The Balaban J connectivity index is 1.57. The molecule has 4 nitrogen and oxygen atoms in total. The fourth-order valence-corrected chi connectivity index (χ4v) is 2.67. The van der Waals surface area contributed by atoms with Gasteiger partial charge in [-0.15, -0.1) is 0 Å². The minimum absolute atomic E-state index is 0.180. The first-order chi connectivity index (χ1) is 12.5. The van der Waals surface area contributed by atoms with E-state index in [1.54, 1.807) is 18.2 Å². The summed E-state index contributed by atoms with van der Waals surface area (Å²) in [6.07, 6.45) is 2.55. The second-order valence-electron chi connectivity index (χ2n) is 5.84. The standard InChI is InChI=1S/C20H21Cl2NO3/c21-17-12-11-16(14-18(17)22)23-19(24)9-4-10-20(25)26-13-5-8-15-6-2-1-3-7-15/h1-3,6-7,11-12,14H,4-5,8-10,13H2,(H,23,24). The number of ether oxygens (including phenoxy) is 1. The molecular formula is C20H21Cl2NO3. The normalized spacial score (nSPS) is 10.4. The summed E-state index contributed by atoms with van der Waals surface area (Å²) < 4.78 is 5.19. The summed E-state index contributed by atoms with van der Waals surface area (Å²) in [5, 5.41) is 3.53. The minimum Gasteiger partial charge on any atom is -0.466 e. The third kappa shape index (κ3) is 7.46. The number of anilines is 1. The fraction of sp³-hybridized carbons (Fsp3) is 0.300. The lowest BCUT2D eigenvalue weighted by molar-refractivity contribution is -0.143. The van der Waals surface area contributed by atoms with Gasteiger partial charge in [0.1, 0.15) is 0 Å². The zero-order valence-corrected chi connectivity index (χ0v) is 15.9. The van der Waals surface area contributed by atoms with Crippen LogP contribution in [0.5, 0.6) is 0 Å². The number of halogens is 2. The highest BCUT2D eigenvalue weighted by atomic mass is 35.5. The van der Waals surface area contributed by atoms with Crippen molar-refractivity contribution in [2.24, 2.45) is 0 Å². The van der Waals surface area contributed by atoms with Gasteiger partial charge in [0.2, 0.25) is 5.91 Å². The first kappa shape index (κ1) is 20.3. The van der Waals surface area contributed by atoms with E-state index in [1.165, 1.54) is 5.56 Å². The van der Waals surface area contributed by atoms with E-state index in [0.29, 0.717) is 28.8 Å². The highest BCUT2D eigenvalue weighted by Gasteiger charge is 2.08. The molecule has 0 bridgehead atoms. The molecule has 1 N–H and O–H groups in total. The zero-order chi connectivity index (χ0) is 18.8. The molecule has 0 aliphatic heterocycles. The molecule has 2 rings (SSSR count). The van der Waals surface area contributed by atoms with Crippen LogP contribution >= 0.6 is 23.2 Å². The third-order valence-corrected chi connectivity index (χ3v) is 4.44. The van der Waals surface area contributed by atoms with Crippen molar-refractivity contribution in [3.8, 4) is 0 Å². The number of carbonyl (C=O) groups is 2. The van der Waals surface area contributed by atoms with Gasteiger partial charge in [0.05, 0.1) is 16.7 Å². The molecule has 0 radical (unpaired) electrons. The molecule has 26 heavy (non-hydrogen) atoms. The van der Waals surface area contributed by atoms with Crippen molar-refractivity contribution in [2.45, 2.75) is 32.1 Å². The Morgan fingerprint density at radius 3 is 2.42 bits per heavy atom. The Morgan fingerprint density at radius 2 is 1.69 bits per heavy atom. The van der Waals surface area contributed by atoms with E-state index < -0.39 is 0 Å². The molecule has 1 amide bonds. The molecule has 0 atom stereocenters. The molecule has 138 valence electrons. The summed E-state index contributed by atoms with van der Waals surface area (Å²) in [5.41, 5.74) is 1.80. The van der Waals surface area contributed by atoms with E-state index >= 15 is 0 Å². The fourth-order valence-electron chi connectivity index (χ4n) is 2.37. The lowest BCUT2D eigenvalue weighted by Gasteiger charge is -2.07. The molecule has 0 spiro atoms. The topological polar surface area (TPSA) is 55.4 Å². The molecule has 0 aliphatic rings. The van der Waals surface area contributed by atoms with Crippen LogP contribution in [0.2, 0.25) is 10.0 Å². The first-order valence-electron chi connectivity index (χ1n) is 8.49. The van der Waals surface area contributed by atoms with E-state index in [0.717, 1.165) is 12.8 Å². The number of hydrogen-bond acceptors (Lipinski definition) is 3. The van der Waals surface area contributed by atoms with E-state index in [9.17, 15) is 9.59 Å². The van der Waals surface area contributed by atoms with Gasteiger partial charge in [-0.2, -0.15) is 0 Å². The number of carbonyl (C=O) groups excluding carboxylic acids is 2. The Morgan fingerprint density at radius 1 is 0.923 bits per heavy atom. The van der Waals surface area contributed by atoms with Crippen LogP contribution in [0, 0.1) is 0 Å². The van der Waals surface area contributed by atoms with Gasteiger partial charge in [0, 0.05) is 18.5 Å². The Kier molecular flexibility index (Phi) is 8.45. The summed E-state index contributed by atoms with van der Waals surface area (Å²) in [6.45, 7) is 0.392. The van der Waals surface area contributed by atoms with Crippen LogP contribution in [0.25, 0.3) is 0 Å². The second kappa shape index (κ2) is 10.8. The van der Waals surface area contributed by atoms with Gasteiger partial charge in [-0.3, -0.25) is 9.59 Å². The van der Waals surface area contributed by atoms with E-state index in [-0.39, 0.29) is 24.7 Å². The second-order valence-corrected chi connectivity index (χ2v) is 6.65. The lowest BCUT2D eigenvalue weighted by Crippen LogP contribution is -2.13. The van der Waals surface area contributed by atoms with Crippen molar-refractivity contribution in [2.75, 3.05) is 11.9 Å². The summed E-state index contributed by atoms with van der Waals surface area (Å²) in [7, 11) is 0. The van der Waals surface area contributed by atoms with Gasteiger partial charge >= 0.3 is 5.97 Å². The molecule has 0 fully saturated rings. The Labute approximate surface area is 163 Å². The first-order valence-corrected chi connectivity index (χ1v) is 9.24. The van der Waals surface area contributed by atoms with Gasteiger partial charge in [0.15, 0.2) is 0 Å². The van der Waals surface area contributed by atoms with Crippen LogP contribution in [-0.4, -0.2) is 18.5 Å². The molecule has 0 unspecified atom stereocenters. The number of rotatable bonds is 9. The highest BCUT2D eigenvalue weighted by Crippen LogP contribution is 2.25. The molecule has 0 aliphatic carbocycles. The van der Waals surface area contributed by atoms with Gasteiger partial charge in [-0.1, -0.05) is 53.5 Å². The van der Waals surface area contributed by atoms with Crippen molar-refractivity contribution in [3.05, 3.63) is 64.1 Å². The number of hydrogen-bond donors (Lipinski definition) is 1. The van der Waals surface area contributed by atoms with Crippen LogP contribution in [0.15, 0.2) is 48.5 Å².